The van der Waals surface area contributed by atoms with Crippen molar-refractivity contribution in [2.75, 3.05) is 31.1 Å². The van der Waals surface area contributed by atoms with E-state index in [1.807, 2.05) is 11.8 Å². The van der Waals surface area contributed by atoms with Gasteiger partial charge in [0.15, 0.2) is 0 Å². The van der Waals surface area contributed by atoms with Crippen LogP contribution in [-0.4, -0.2) is 53.5 Å². The minimum Gasteiger partial charge on any atom is -0.367 e. The Morgan fingerprint density at radius 3 is 2.57 bits per heavy atom. The number of aryl methyl sites for hydroxylation is 1. The lowest BCUT2D eigenvalue weighted by Crippen LogP contribution is -2.48. The summed E-state index contributed by atoms with van der Waals surface area (Å²) >= 11 is 0. The summed E-state index contributed by atoms with van der Waals surface area (Å²) in [6.45, 7) is 3.11. The number of rotatable bonds is 4. The fourth-order valence-electron chi connectivity index (χ4n) is 3.47. The molecule has 8 nitrogen and oxygen atoms in total. The summed E-state index contributed by atoms with van der Waals surface area (Å²) in [6.07, 6.45) is 1.98. The first kappa shape index (κ1) is 18.6. The van der Waals surface area contributed by atoms with E-state index in [9.17, 15) is 17.6 Å². The minimum absolute atomic E-state index is 0.0556. The number of aromatic amines is 1. The van der Waals surface area contributed by atoms with Gasteiger partial charge in [0.1, 0.15) is 22.1 Å². The van der Waals surface area contributed by atoms with Crippen molar-refractivity contribution in [1.29, 1.82) is 0 Å². The van der Waals surface area contributed by atoms with Crippen molar-refractivity contribution in [3.05, 3.63) is 58.5 Å². The summed E-state index contributed by atoms with van der Waals surface area (Å²) in [5, 5.41) is 6.35. The number of piperazine rings is 1. The van der Waals surface area contributed by atoms with Gasteiger partial charge in [-0.2, -0.15) is 9.40 Å². The molecule has 0 radical (unpaired) electrons. The van der Waals surface area contributed by atoms with E-state index in [2.05, 4.69) is 10.2 Å². The second kappa shape index (κ2) is 7.02. The predicted octanol–water partition coefficient (Wildman–Crippen LogP) is 1.23. The zero-order valence-electron chi connectivity index (χ0n) is 15.3. The lowest BCUT2D eigenvalue weighted by molar-refractivity contribution is 0.383. The largest absolute Gasteiger partial charge is 0.367 e. The highest BCUT2D eigenvalue weighted by molar-refractivity contribution is 7.89. The lowest BCUT2D eigenvalue weighted by Gasteiger charge is -2.35. The number of benzene rings is 1. The zero-order valence-corrected chi connectivity index (χ0v) is 16.1. The molecule has 0 atom stereocenters. The number of hydrogen-bond donors (Lipinski definition) is 1. The number of aromatic nitrogens is 3. The van der Waals surface area contributed by atoms with Gasteiger partial charge in [-0.15, -0.1) is 0 Å². The number of nitrogens with zero attached hydrogens (tertiary/aromatic N) is 4. The molecular weight excluding hydrogens is 385 g/mol. The Hall–Kier alpha value is -2.72. The molecule has 2 aromatic heterocycles. The van der Waals surface area contributed by atoms with E-state index >= 15 is 0 Å². The summed E-state index contributed by atoms with van der Waals surface area (Å²) < 4.78 is 43.0. The molecule has 3 heterocycles. The van der Waals surface area contributed by atoms with E-state index in [0.29, 0.717) is 31.0 Å². The molecule has 10 heteroatoms. The molecule has 0 spiro atoms. The van der Waals surface area contributed by atoms with E-state index < -0.39 is 15.6 Å². The first-order chi connectivity index (χ1) is 13.4. The number of hydrogen-bond acceptors (Lipinski definition) is 5. The number of halogens is 1. The average Bonchev–Trinajstić information content (AvgIpc) is 3.16. The Balaban J connectivity index is 1.60. The highest BCUT2D eigenvalue weighted by atomic mass is 32.2. The van der Waals surface area contributed by atoms with Gasteiger partial charge in [-0.25, -0.2) is 17.9 Å². The molecule has 1 aromatic carbocycles. The van der Waals surface area contributed by atoms with Crippen LogP contribution in [0.3, 0.4) is 0 Å². The van der Waals surface area contributed by atoms with Crippen molar-refractivity contribution >= 4 is 21.2 Å². The number of para-hydroxylation sites is 1. The van der Waals surface area contributed by atoms with Crippen LogP contribution in [0.1, 0.15) is 12.7 Å². The summed E-state index contributed by atoms with van der Waals surface area (Å²) in [7, 11) is -3.77. The second-order valence-electron chi connectivity index (χ2n) is 6.60. The van der Waals surface area contributed by atoms with E-state index in [4.69, 9.17) is 0 Å². The average molecular weight is 405 g/mol. The summed E-state index contributed by atoms with van der Waals surface area (Å²) in [5.74, 6) is 0.247. The number of fused-ring (bicyclic) bond motifs is 1. The minimum atomic E-state index is -3.77. The fraction of sp³-hybridized carbons (Fsp3) is 0.333. The number of nitrogens with one attached hydrogen (secondary N) is 1. The third kappa shape index (κ3) is 3.08. The van der Waals surface area contributed by atoms with E-state index in [-0.39, 0.29) is 29.3 Å². The third-order valence-electron chi connectivity index (χ3n) is 4.98. The molecule has 3 aromatic rings. The zero-order chi connectivity index (χ0) is 19.9. The van der Waals surface area contributed by atoms with Crippen molar-refractivity contribution in [3.63, 3.8) is 0 Å². The quantitative estimate of drug-likeness (QED) is 0.705. The maximum atomic E-state index is 14.0. The molecule has 1 aliphatic rings. The number of anilines is 1. The third-order valence-corrected chi connectivity index (χ3v) is 6.84. The molecule has 148 valence electrons. The molecule has 0 amide bonds. The standard InChI is InChI=1S/C18H20FN5O3S/c1-2-17-20-21-18(25)16-11-13(12-24(16)17)28(26,27)23-9-7-22(8-10-23)15-6-4-3-5-14(15)19/h3-6,11-12H,2,7-10H2,1H3,(H,21,25). The van der Waals surface area contributed by atoms with E-state index in [1.165, 1.54) is 27.0 Å². The summed E-state index contributed by atoms with van der Waals surface area (Å²) in [6, 6.07) is 7.83. The molecule has 0 unspecified atom stereocenters. The van der Waals surface area contributed by atoms with Crippen LogP contribution >= 0.6 is 0 Å². The van der Waals surface area contributed by atoms with Crippen molar-refractivity contribution < 1.29 is 12.8 Å². The summed E-state index contributed by atoms with van der Waals surface area (Å²) in [5.41, 5.74) is 0.276. The lowest BCUT2D eigenvalue weighted by atomic mass is 10.2. The summed E-state index contributed by atoms with van der Waals surface area (Å²) in [4.78, 5) is 13.9. The molecule has 0 bridgehead atoms. The first-order valence-electron chi connectivity index (χ1n) is 9.01. The van der Waals surface area contributed by atoms with Crippen LogP contribution in [0, 0.1) is 5.82 Å². The highest BCUT2D eigenvalue weighted by Crippen LogP contribution is 2.24. The Morgan fingerprint density at radius 1 is 1.18 bits per heavy atom. The van der Waals surface area contributed by atoms with Crippen LogP contribution in [0.15, 0.2) is 46.2 Å². The van der Waals surface area contributed by atoms with Gasteiger partial charge in [0.25, 0.3) is 5.56 Å². The van der Waals surface area contributed by atoms with Gasteiger partial charge in [0.05, 0.1) is 5.69 Å². The van der Waals surface area contributed by atoms with Gasteiger partial charge in [-0.3, -0.25) is 9.20 Å². The molecular formula is C18H20FN5O3S. The molecule has 4 rings (SSSR count). The first-order valence-corrected chi connectivity index (χ1v) is 10.4. The number of sulfonamides is 1. The van der Waals surface area contributed by atoms with Crippen LogP contribution in [-0.2, 0) is 16.4 Å². The van der Waals surface area contributed by atoms with Crippen molar-refractivity contribution in [2.24, 2.45) is 0 Å². The van der Waals surface area contributed by atoms with Crippen molar-refractivity contribution in [1.82, 2.24) is 18.9 Å². The van der Waals surface area contributed by atoms with Gasteiger partial charge in [0.2, 0.25) is 10.0 Å². The van der Waals surface area contributed by atoms with Gasteiger partial charge in [-0.05, 0) is 18.2 Å². The van der Waals surface area contributed by atoms with Gasteiger partial charge in [0, 0.05) is 38.8 Å². The molecule has 0 aliphatic carbocycles. The monoisotopic (exact) mass is 405 g/mol. The maximum absolute atomic E-state index is 14.0. The Labute approximate surface area is 161 Å². The maximum Gasteiger partial charge on any atom is 0.288 e. The molecule has 28 heavy (non-hydrogen) atoms. The van der Waals surface area contributed by atoms with Crippen LogP contribution in [0.4, 0.5) is 10.1 Å². The molecule has 0 saturated carbocycles. The van der Waals surface area contributed by atoms with Gasteiger partial charge >= 0.3 is 0 Å². The van der Waals surface area contributed by atoms with Gasteiger partial charge in [-0.1, -0.05) is 19.1 Å². The molecule has 1 aliphatic heterocycles. The Morgan fingerprint density at radius 2 is 1.89 bits per heavy atom. The smallest absolute Gasteiger partial charge is 0.288 e. The van der Waals surface area contributed by atoms with Crippen LogP contribution < -0.4 is 10.5 Å². The Bertz CT molecular complexity index is 1180. The van der Waals surface area contributed by atoms with Crippen LogP contribution in [0.2, 0.25) is 0 Å². The fourth-order valence-corrected chi connectivity index (χ4v) is 4.91. The highest BCUT2D eigenvalue weighted by Gasteiger charge is 2.30. The SMILES string of the molecule is CCc1n[nH]c(=O)c2cc(S(=O)(=O)N3CCN(c4ccccc4F)CC3)cn12. The van der Waals surface area contributed by atoms with Crippen LogP contribution in [0.5, 0.6) is 0 Å². The van der Waals surface area contributed by atoms with Gasteiger partial charge < -0.3 is 4.90 Å². The molecule has 1 saturated heterocycles. The Kier molecular flexibility index (Phi) is 4.68. The van der Waals surface area contributed by atoms with E-state index in [1.54, 1.807) is 18.2 Å². The molecule has 1 N–H and O–H groups in total. The van der Waals surface area contributed by atoms with Crippen molar-refractivity contribution in [2.45, 2.75) is 18.2 Å². The molecule has 1 fully saturated rings. The van der Waals surface area contributed by atoms with Crippen LogP contribution in [0.25, 0.3) is 5.52 Å². The topological polar surface area (TPSA) is 90.8 Å². The number of H-pyrrole nitrogens is 1. The van der Waals surface area contributed by atoms with E-state index in [0.717, 1.165) is 0 Å². The normalized spacial score (nSPS) is 16.0. The van der Waals surface area contributed by atoms with Crippen molar-refractivity contribution in [3.8, 4) is 0 Å². The predicted molar refractivity (Wildman–Crippen MR) is 103 cm³/mol. The second-order valence-corrected chi connectivity index (χ2v) is 8.53.